The van der Waals surface area contributed by atoms with Gasteiger partial charge in [-0.1, -0.05) is 6.07 Å². The molecule has 1 aromatic rings. The molecule has 1 aliphatic rings. The molecule has 0 spiro atoms. The number of hydrogen-bond donors (Lipinski definition) is 1. The zero-order chi connectivity index (χ0) is 14.0. The average Bonchev–Trinajstić information content (AvgIpc) is 2.43. The lowest BCUT2D eigenvalue weighted by Crippen LogP contribution is -2.44. The third kappa shape index (κ3) is 2.92. The van der Waals surface area contributed by atoms with E-state index < -0.39 is 6.04 Å². The fourth-order valence-electron chi connectivity index (χ4n) is 2.29. The van der Waals surface area contributed by atoms with Gasteiger partial charge in [0.1, 0.15) is 6.04 Å². The van der Waals surface area contributed by atoms with E-state index in [9.17, 15) is 9.59 Å². The minimum atomic E-state index is -0.471. The highest BCUT2D eigenvalue weighted by Gasteiger charge is 2.31. The second-order valence-electron chi connectivity index (χ2n) is 5.08. The fraction of sp³-hybridized carbons (Fsp3) is 0.500. The van der Waals surface area contributed by atoms with Gasteiger partial charge in [0, 0.05) is 18.7 Å². The Morgan fingerprint density at radius 2 is 2.16 bits per heavy atom. The van der Waals surface area contributed by atoms with E-state index in [-0.39, 0.29) is 17.9 Å². The maximum atomic E-state index is 12.3. The molecule has 2 amide bonds. The molecule has 5 nitrogen and oxygen atoms in total. The smallest absolute Gasteiger partial charge is 0.245 e. The van der Waals surface area contributed by atoms with E-state index in [1.807, 2.05) is 26.0 Å². The number of hydrogen-bond acceptors (Lipinski definition) is 3. The summed E-state index contributed by atoms with van der Waals surface area (Å²) in [5, 5.41) is 2.70. The molecule has 1 aliphatic heterocycles. The fourth-order valence-corrected chi connectivity index (χ4v) is 2.29. The molecule has 102 valence electrons. The topological polar surface area (TPSA) is 62.3 Å². The first kappa shape index (κ1) is 13.5. The minimum Gasteiger partial charge on any atom is -0.345 e. The number of amides is 2. The summed E-state index contributed by atoms with van der Waals surface area (Å²) in [6.07, 6.45) is 2.06. The van der Waals surface area contributed by atoms with Crippen molar-refractivity contribution in [2.45, 2.75) is 45.8 Å². The van der Waals surface area contributed by atoms with E-state index in [0.717, 1.165) is 11.3 Å². The van der Waals surface area contributed by atoms with Gasteiger partial charge >= 0.3 is 0 Å². The van der Waals surface area contributed by atoms with Crippen LogP contribution in [0.1, 0.15) is 31.5 Å². The van der Waals surface area contributed by atoms with Crippen LogP contribution in [0.25, 0.3) is 0 Å². The molecule has 2 atom stereocenters. The highest BCUT2D eigenvalue weighted by Crippen LogP contribution is 2.16. The Morgan fingerprint density at radius 3 is 2.84 bits per heavy atom. The summed E-state index contributed by atoms with van der Waals surface area (Å²) in [5.41, 5.74) is 1.93. The Hall–Kier alpha value is -1.91. The van der Waals surface area contributed by atoms with E-state index in [0.29, 0.717) is 13.0 Å². The summed E-state index contributed by atoms with van der Waals surface area (Å²) < 4.78 is 0. The summed E-state index contributed by atoms with van der Waals surface area (Å²) in [6, 6.07) is 3.27. The van der Waals surface area contributed by atoms with Gasteiger partial charge in [-0.2, -0.15) is 0 Å². The maximum absolute atomic E-state index is 12.3. The number of aromatic nitrogens is 1. The zero-order valence-corrected chi connectivity index (χ0v) is 11.5. The van der Waals surface area contributed by atoms with Crippen LogP contribution < -0.4 is 5.32 Å². The third-order valence-electron chi connectivity index (χ3n) is 3.48. The van der Waals surface area contributed by atoms with Gasteiger partial charge in [-0.3, -0.25) is 14.6 Å². The van der Waals surface area contributed by atoms with Crippen molar-refractivity contribution >= 4 is 11.8 Å². The van der Waals surface area contributed by atoms with Gasteiger partial charge in [-0.15, -0.1) is 0 Å². The Bertz CT molecular complexity index is 501. The average molecular weight is 261 g/mol. The van der Waals surface area contributed by atoms with Crippen LogP contribution in [0.4, 0.5) is 0 Å². The number of carbonyl (C=O) groups is 2. The summed E-state index contributed by atoms with van der Waals surface area (Å²) in [5.74, 6) is -0.128. The summed E-state index contributed by atoms with van der Waals surface area (Å²) in [7, 11) is 0. The van der Waals surface area contributed by atoms with Gasteiger partial charge in [0.2, 0.25) is 11.8 Å². The largest absolute Gasteiger partial charge is 0.345 e. The predicted molar refractivity (Wildman–Crippen MR) is 71.2 cm³/mol. The molecule has 0 radical (unpaired) electrons. The lowest BCUT2D eigenvalue weighted by atomic mass is 10.1. The van der Waals surface area contributed by atoms with Gasteiger partial charge in [-0.25, -0.2) is 0 Å². The quantitative estimate of drug-likeness (QED) is 0.864. The van der Waals surface area contributed by atoms with Crippen molar-refractivity contribution in [3.05, 3.63) is 29.6 Å². The molecule has 0 aliphatic carbocycles. The Kier molecular flexibility index (Phi) is 3.83. The molecule has 0 saturated carbocycles. The van der Waals surface area contributed by atoms with E-state index in [4.69, 9.17) is 0 Å². The van der Waals surface area contributed by atoms with E-state index >= 15 is 0 Å². The standard InChI is InChI=1S/C14H19N3O2/c1-9-5-4-6-15-12(9)8-17-10(2)7-13(18)16-11(3)14(17)19/h4-6,10-11H,7-8H2,1-3H3,(H,16,18). The van der Waals surface area contributed by atoms with Crippen molar-refractivity contribution in [1.29, 1.82) is 0 Å². The van der Waals surface area contributed by atoms with Crippen LogP contribution in [0.3, 0.4) is 0 Å². The molecule has 2 rings (SSSR count). The molecule has 1 saturated heterocycles. The van der Waals surface area contributed by atoms with Crippen LogP contribution in [0.5, 0.6) is 0 Å². The number of pyridine rings is 1. The highest BCUT2D eigenvalue weighted by atomic mass is 16.2. The van der Waals surface area contributed by atoms with Crippen LogP contribution in [0.2, 0.25) is 0 Å². The molecule has 2 heterocycles. The molecular weight excluding hydrogens is 242 g/mol. The Labute approximate surface area is 113 Å². The normalized spacial score (nSPS) is 24.1. The van der Waals surface area contributed by atoms with Crippen LogP contribution in [-0.4, -0.2) is 33.8 Å². The number of aryl methyl sites for hydroxylation is 1. The molecule has 0 aromatic carbocycles. The Morgan fingerprint density at radius 1 is 1.42 bits per heavy atom. The summed E-state index contributed by atoms with van der Waals surface area (Å²) in [6.45, 7) is 6.04. The van der Waals surface area contributed by atoms with Crippen molar-refractivity contribution < 1.29 is 9.59 Å². The van der Waals surface area contributed by atoms with Crippen molar-refractivity contribution in [2.75, 3.05) is 0 Å². The number of nitrogens with zero attached hydrogens (tertiary/aromatic N) is 2. The predicted octanol–water partition coefficient (Wildman–Crippen LogP) is 1.02. The van der Waals surface area contributed by atoms with E-state index in [1.54, 1.807) is 18.0 Å². The van der Waals surface area contributed by atoms with Gasteiger partial charge in [-0.05, 0) is 32.4 Å². The first-order valence-corrected chi connectivity index (χ1v) is 6.49. The molecule has 0 bridgehead atoms. The third-order valence-corrected chi connectivity index (χ3v) is 3.48. The highest BCUT2D eigenvalue weighted by molar-refractivity contribution is 5.90. The second kappa shape index (κ2) is 5.38. The van der Waals surface area contributed by atoms with Crippen molar-refractivity contribution in [1.82, 2.24) is 15.2 Å². The summed E-state index contributed by atoms with van der Waals surface area (Å²) >= 11 is 0. The number of rotatable bonds is 2. The maximum Gasteiger partial charge on any atom is 0.245 e. The molecule has 2 unspecified atom stereocenters. The second-order valence-corrected chi connectivity index (χ2v) is 5.08. The van der Waals surface area contributed by atoms with Crippen LogP contribution >= 0.6 is 0 Å². The minimum absolute atomic E-state index is 0.0524. The molecule has 1 fully saturated rings. The van der Waals surface area contributed by atoms with Crippen LogP contribution in [0, 0.1) is 6.92 Å². The molecule has 5 heteroatoms. The first-order chi connectivity index (χ1) is 8.99. The molecule has 19 heavy (non-hydrogen) atoms. The molecule has 1 aromatic heterocycles. The van der Waals surface area contributed by atoms with Crippen molar-refractivity contribution in [3.8, 4) is 0 Å². The van der Waals surface area contributed by atoms with Gasteiger partial charge in [0.05, 0.1) is 12.2 Å². The van der Waals surface area contributed by atoms with E-state index in [2.05, 4.69) is 10.3 Å². The van der Waals surface area contributed by atoms with Crippen molar-refractivity contribution in [2.24, 2.45) is 0 Å². The molecular formula is C14H19N3O2. The van der Waals surface area contributed by atoms with E-state index in [1.165, 1.54) is 0 Å². The lowest BCUT2D eigenvalue weighted by Gasteiger charge is -2.28. The number of nitrogens with one attached hydrogen (secondary N) is 1. The zero-order valence-electron chi connectivity index (χ0n) is 11.5. The number of carbonyl (C=O) groups excluding carboxylic acids is 2. The monoisotopic (exact) mass is 261 g/mol. The van der Waals surface area contributed by atoms with Gasteiger partial charge < -0.3 is 10.2 Å². The van der Waals surface area contributed by atoms with Crippen molar-refractivity contribution in [3.63, 3.8) is 0 Å². The van der Waals surface area contributed by atoms with Gasteiger partial charge in [0.15, 0.2) is 0 Å². The van der Waals surface area contributed by atoms with Gasteiger partial charge in [0.25, 0.3) is 0 Å². The Balaban J connectivity index is 2.24. The first-order valence-electron chi connectivity index (χ1n) is 6.49. The summed E-state index contributed by atoms with van der Waals surface area (Å²) in [4.78, 5) is 30.0. The van der Waals surface area contributed by atoms with Crippen LogP contribution in [-0.2, 0) is 16.1 Å². The van der Waals surface area contributed by atoms with Crippen LogP contribution in [0.15, 0.2) is 18.3 Å². The molecule has 1 N–H and O–H groups in total. The SMILES string of the molecule is Cc1cccnc1CN1C(=O)C(C)NC(=O)CC1C. The lowest BCUT2D eigenvalue weighted by molar-refractivity contribution is -0.135.